The van der Waals surface area contributed by atoms with Gasteiger partial charge in [0.05, 0.1) is 5.02 Å². The maximum absolute atomic E-state index is 13.9. The minimum atomic E-state index is -0.527. The molecule has 21 heavy (non-hydrogen) atoms. The van der Waals surface area contributed by atoms with Crippen LogP contribution in [0.1, 0.15) is 24.0 Å². The van der Waals surface area contributed by atoms with Gasteiger partial charge < -0.3 is 10.1 Å². The molecule has 1 N–H and O–H groups in total. The van der Waals surface area contributed by atoms with Gasteiger partial charge >= 0.3 is 0 Å². The minimum absolute atomic E-state index is 0.0669. The summed E-state index contributed by atoms with van der Waals surface area (Å²) >= 11 is 5.79. The predicted octanol–water partition coefficient (Wildman–Crippen LogP) is 4.83. The molecule has 4 heteroatoms. The third-order valence-corrected chi connectivity index (χ3v) is 3.80. The van der Waals surface area contributed by atoms with E-state index >= 15 is 0 Å². The van der Waals surface area contributed by atoms with E-state index in [0.717, 1.165) is 17.7 Å². The summed E-state index contributed by atoms with van der Waals surface area (Å²) in [6.07, 6.45) is 2.45. The highest BCUT2D eigenvalue weighted by Crippen LogP contribution is 2.31. The number of aryl methyl sites for hydroxylation is 1. The number of halogens is 2. The molecular formula is C17H17ClFNO. The van der Waals surface area contributed by atoms with E-state index < -0.39 is 5.82 Å². The van der Waals surface area contributed by atoms with Crippen molar-refractivity contribution in [2.45, 2.75) is 32.4 Å². The highest BCUT2D eigenvalue weighted by molar-refractivity contribution is 6.30. The topological polar surface area (TPSA) is 21.3 Å². The summed E-state index contributed by atoms with van der Waals surface area (Å²) in [5, 5.41) is 3.52. The lowest BCUT2D eigenvalue weighted by Gasteiger charge is -2.13. The molecule has 0 heterocycles. The average Bonchev–Trinajstić information content (AvgIpc) is 3.28. The molecule has 0 atom stereocenters. The van der Waals surface area contributed by atoms with Crippen molar-refractivity contribution in [3.05, 3.63) is 58.4 Å². The fourth-order valence-electron chi connectivity index (χ4n) is 2.17. The lowest BCUT2D eigenvalue weighted by atomic mass is 10.1. The molecular weight excluding hydrogens is 289 g/mol. The van der Waals surface area contributed by atoms with Crippen molar-refractivity contribution in [1.82, 2.24) is 5.32 Å². The van der Waals surface area contributed by atoms with Crippen molar-refractivity contribution in [2.24, 2.45) is 0 Å². The Labute approximate surface area is 128 Å². The second-order valence-corrected chi connectivity index (χ2v) is 5.83. The second kappa shape index (κ2) is 6.04. The lowest BCUT2D eigenvalue weighted by molar-refractivity contribution is 0.435. The molecule has 0 aromatic heterocycles. The predicted molar refractivity (Wildman–Crippen MR) is 82.5 cm³/mol. The number of ether oxygens (including phenoxy) is 1. The van der Waals surface area contributed by atoms with Gasteiger partial charge in [-0.2, -0.15) is 0 Å². The highest BCUT2D eigenvalue weighted by atomic mass is 35.5. The first-order chi connectivity index (χ1) is 10.1. The molecule has 110 valence electrons. The van der Waals surface area contributed by atoms with Crippen molar-refractivity contribution in [3.63, 3.8) is 0 Å². The van der Waals surface area contributed by atoms with E-state index in [1.54, 1.807) is 12.1 Å². The Hall–Kier alpha value is -1.58. The van der Waals surface area contributed by atoms with Gasteiger partial charge in [0.25, 0.3) is 0 Å². The Morgan fingerprint density at radius 1 is 1.24 bits per heavy atom. The van der Waals surface area contributed by atoms with Crippen molar-refractivity contribution < 1.29 is 9.13 Å². The summed E-state index contributed by atoms with van der Waals surface area (Å²) in [6, 6.07) is 11.3. The molecule has 2 aromatic carbocycles. The zero-order valence-corrected chi connectivity index (χ0v) is 12.6. The van der Waals surface area contributed by atoms with Crippen molar-refractivity contribution >= 4 is 11.6 Å². The van der Waals surface area contributed by atoms with Crippen molar-refractivity contribution in [3.8, 4) is 11.5 Å². The Bertz CT molecular complexity index is 655. The molecule has 1 aliphatic carbocycles. The maximum atomic E-state index is 13.9. The van der Waals surface area contributed by atoms with E-state index in [2.05, 4.69) is 11.4 Å². The van der Waals surface area contributed by atoms with Gasteiger partial charge in [-0.15, -0.1) is 0 Å². The fourth-order valence-corrected chi connectivity index (χ4v) is 2.33. The van der Waals surface area contributed by atoms with Crippen LogP contribution in [0.5, 0.6) is 11.5 Å². The van der Waals surface area contributed by atoms with Crippen LogP contribution in [-0.2, 0) is 6.54 Å². The smallest absolute Gasteiger partial charge is 0.184 e. The van der Waals surface area contributed by atoms with E-state index in [0.29, 0.717) is 11.8 Å². The number of benzene rings is 2. The maximum Gasteiger partial charge on any atom is 0.184 e. The number of rotatable bonds is 5. The molecule has 1 aliphatic rings. The quantitative estimate of drug-likeness (QED) is 0.854. The van der Waals surface area contributed by atoms with Gasteiger partial charge in [0, 0.05) is 18.2 Å². The second-order valence-electron chi connectivity index (χ2n) is 5.42. The van der Waals surface area contributed by atoms with E-state index in [9.17, 15) is 4.39 Å². The molecule has 1 saturated carbocycles. The third kappa shape index (κ3) is 3.55. The summed E-state index contributed by atoms with van der Waals surface area (Å²) in [6.45, 7) is 2.76. The van der Waals surface area contributed by atoms with Gasteiger partial charge in [0.2, 0.25) is 0 Å². The third-order valence-electron chi connectivity index (χ3n) is 3.51. The lowest BCUT2D eigenvalue weighted by Crippen LogP contribution is -2.15. The zero-order valence-electron chi connectivity index (χ0n) is 11.8. The molecule has 1 fully saturated rings. The van der Waals surface area contributed by atoms with Gasteiger partial charge in [0.15, 0.2) is 11.6 Å². The standard InChI is InChI=1S/C17H17ClFNO/c1-11-5-8-15(12(9-11)10-20-13-6-7-13)21-16-4-2-3-14(18)17(16)19/h2-5,8-9,13,20H,6-7,10H2,1H3. The normalized spacial score (nSPS) is 14.2. The van der Waals surface area contributed by atoms with Gasteiger partial charge in [-0.3, -0.25) is 0 Å². The molecule has 0 saturated heterocycles. The van der Waals surface area contributed by atoms with Crippen molar-refractivity contribution in [2.75, 3.05) is 0 Å². The SMILES string of the molecule is Cc1ccc(Oc2cccc(Cl)c2F)c(CNC2CC2)c1. The molecule has 0 radical (unpaired) electrons. The number of hydrogen-bond donors (Lipinski definition) is 1. The molecule has 0 unspecified atom stereocenters. The molecule has 0 spiro atoms. The molecule has 0 amide bonds. The minimum Gasteiger partial charge on any atom is -0.454 e. The Kier molecular flexibility index (Phi) is 4.13. The number of hydrogen-bond acceptors (Lipinski definition) is 2. The molecule has 3 rings (SSSR count). The highest BCUT2D eigenvalue weighted by Gasteiger charge is 2.21. The van der Waals surface area contributed by atoms with Crippen LogP contribution in [0.3, 0.4) is 0 Å². The van der Waals surface area contributed by atoms with Crippen LogP contribution >= 0.6 is 11.6 Å². The van der Waals surface area contributed by atoms with E-state index in [1.807, 2.05) is 19.1 Å². The largest absolute Gasteiger partial charge is 0.454 e. The van der Waals surface area contributed by atoms with Gasteiger partial charge in [-0.25, -0.2) is 4.39 Å². The van der Waals surface area contributed by atoms with E-state index in [4.69, 9.17) is 16.3 Å². The summed E-state index contributed by atoms with van der Waals surface area (Å²) in [5.74, 6) is 0.287. The van der Waals surface area contributed by atoms with Crippen LogP contribution in [0.25, 0.3) is 0 Å². The van der Waals surface area contributed by atoms with Crippen LogP contribution in [0.2, 0.25) is 5.02 Å². The molecule has 2 aromatic rings. The van der Waals surface area contributed by atoms with Gasteiger partial charge in [-0.1, -0.05) is 35.4 Å². The van der Waals surface area contributed by atoms with E-state index in [1.165, 1.54) is 18.9 Å². The van der Waals surface area contributed by atoms with Crippen LogP contribution in [0.4, 0.5) is 4.39 Å². The van der Waals surface area contributed by atoms with Crippen LogP contribution < -0.4 is 10.1 Å². The van der Waals surface area contributed by atoms with E-state index in [-0.39, 0.29) is 10.8 Å². The summed E-state index contributed by atoms with van der Waals surface area (Å²) in [7, 11) is 0. The zero-order chi connectivity index (χ0) is 14.8. The summed E-state index contributed by atoms with van der Waals surface area (Å²) in [5.41, 5.74) is 2.18. The monoisotopic (exact) mass is 305 g/mol. The van der Waals surface area contributed by atoms with Crippen molar-refractivity contribution in [1.29, 1.82) is 0 Å². The Morgan fingerprint density at radius 3 is 2.81 bits per heavy atom. The van der Waals surface area contributed by atoms with Gasteiger partial charge in [0.1, 0.15) is 5.75 Å². The number of nitrogens with one attached hydrogen (secondary N) is 1. The summed E-state index contributed by atoms with van der Waals surface area (Å²) in [4.78, 5) is 0. The fraction of sp³-hybridized carbons (Fsp3) is 0.294. The Morgan fingerprint density at radius 2 is 2.05 bits per heavy atom. The Balaban J connectivity index is 1.84. The molecule has 0 aliphatic heterocycles. The first kappa shape index (κ1) is 14.4. The van der Waals surface area contributed by atoms with Crippen LogP contribution in [0.15, 0.2) is 36.4 Å². The summed E-state index contributed by atoms with van der Waals surface area (Å²) < 4.78 is 19.7. The van der Waals surface area contributed by atoms with Crippen LogP contribution in [0, 0.1) is 12.7 Å². The molecule has 0 bridgehead atoms. The van der Waals surface area contributed by atoms with Gasteiger partial charge in [-0.05, 0) is 38.0 Å². The first-order valence-electron chi connectivity index (χ1n) is 7.08. The van der Waals surface area contributed by atoms with Crippen LogP contribution in [-0.4, -0.2) is 6.04 Å². The first-order valence-corrected chi connectivity index (χ1v) is 7.46. The average molecular weight is 306 g/mol. The molecule has 2 nitrogen and oxygen atoms in total.